The van der Waals surface area contributed by atoms with Crippen LogP contribution in [0.15, 0.2) is 30.3 Å². The summed E-state index contributed by atoms with van der Waals surface area (Å²) in [5, 5.41) is 0. The van der Waals surface area contributed by atoms with Crippen molar-refractivity contribution in [2.75, 3.05) is 26.8 Å². The Morgan fingerprint density at radius 1 is 1.24 bits per heavy atom. The van der Waals surface area contributed by atoms with Gasteiger partial charge in [-0.1, -0.05) is 37.3 Å². The first-order valence-corrected chi connectivity index (χ1v) is 7.06. The van der Waals surface area contributed by atoms with E-state index in [1.807, 2.05) is 35.2 Å². The molecule has 1 atom stereocenters. The summed E-state index contributed by atoms with van der Waals surface area (Å²) in [6.45, 7) is 5.12. The van der Waals surface area contributed by atoms with Crippen LogP contribution in [0.3, 0.4) is 0 Å². The number of esters is 2. The molecule has 0 fully saturated rings. The number of ether oxygens (including phenoxy) is 2. The molecule has 1 aromatic rings. The van der Waals surface area contributed by atoms with Crippen molar-refractivity contribution in [3.8, 4) is 0 Å². The topological polar surface area (TPSA) is 55.8 Å². The monoisotopic (exact) mass is 293 g/mol. The quantitative estimate of drug-likeness (QED) is 0.685. The van der Waals surface area contributed by atoms with E-state index in [1.54, 1.807) is 13.8 Å². The number of benzene rings is 1. The summed E-state index contributed by atoms with van der Waals surface area (Å²) >= 11 is 0. The Bertz CT molecular complexity index is 447. The molecule has 0 radical (unpaired) electrons. The molecule has 1 aromatic carbocycles. The number of carbonyl (C=O) groups is 2. The Morgan fingerprint density at radius 3 is 2.48 bits per heavy atom. The van der Waals surface area contributed by atoms with Crippen LogP contribution < -0.4 is 0 Å². The molecule has 0 saturated carbocycles. The molecule has 5 heteroatoms. The van der Waals surface area contributed by atoms with Crippen LogP contribution in [0, 0.1) is 5.92 Å². The highest BCUT2D eigenvalue weighted by Crippen LogP contribution is 2.09. The highest BCUT2D eigenvalue weighted by molar-refractivity contribution is 5.73. The van der Waals surface area contributed by atoms with E-state index < -0.39 is 0 Å². The van der Waals surface area contributed by atoms with E-state index in [0.717, 1.165) is 5.56 Å². The molecule has 0 aliphatic heterocycles. The van der Waals surface area contributed by atoms with E-state index >= 15 is 0 Å². The number of carbonyl (C=O) groups excluding carboxylic acids is 2. The smallest absolute Gasteiger partial charge is 0.319 e. The van der Waals surface area contributed by atoms with Gasteiger partial charge in [0.25, 0.3) is 0 Å². The highest BCUT2D eigenvalue weighted by atomic mass is 16.5. The lowest BCUT2D eigenvalue weighted by Crippen LogP contribution is -2.36. The Kier molecular flexibility index (Phi) is 7.46. The molecule has 5 nitrogen and oxygen atoms in total. The predicted molar refractivity (Wildman–Crippen MR) is 79.5 cm³/mol. The van der Waals surface area contributed by atoms with E-state index in [1.165, 1.54) is 7.11 Å². The summed E-state index contributed by atoms with van der Waals surface area (Å²) in [5.41, 5.74) is 1.08. The third-order valence-corrected chi connectivity index (χ3v) is 3.05. The summed E-state index contributed by atoms with van der Waals surface area (Å²) < 4.78 is 9.72. The first-order valence-electron chi connectivity index (χ1n) is 7.06. The molecule has 0 saturated heterocycles. The van der Waals surface area contributed by atoms with Gasteiger partial charge in [0.15, 0.2) is 0 Å². The second-order valence-electron chi connectivity index (χ2n) is 4.88. The Labute approximate surface area is 125 Å². The largest absolute Gasteiger partial charge is 0.468 e. The van der Waals surface area contributed by atoms with Gasteiger partial charge < -0.3 is 9.47 Å². The van der Waals surface area contributed by atoms with Crippen molar-refractivity contribution in [2.45, 2.75) is 20.4 Å². The molecule has 0 amide bonds. The minimum atomic E-state index is -0.318. The van der Waals surface area contributed by atoms with Crippen molar-refractivity contribution in [1.82, 2.24) is 4.90 Å². The number of methoxy groups -OCH3 is 1. The van der Waals surface area contributed by atoms with E-state index in [-0.39, 0.29) is 24.4 Å². The molecule has 0 heterocycles. The van der Waals surface area contributed by atoms with Crippen molar-refractivity contribution in [2.24, 2.45) is 5.92 Å². The molecule has 0 aliphatic carbocycles. The lowest BCUT2D eigenvalue weighted by atomic mass is 10.1. The second-order valence-corrected chi connectivity index (χ2v) is 4.88. The van der Waals surface area contributed by atoms with Crippen LogP contribution in [0.5, 0.6) is 0 Å². The van der Waals surface area contributed by atoms with E-state index in [0.29, 0.717) is 19.7 Å². The summed E-state index contributed by atoms with van der Waals surface area (Å²) in [5.74, 6) is -0.860. The number of nitrogens with zero attached hydrogens (tertiary/aromatic N) is 1. The fraction of sp³-hybridized carbons (Fsp3) is 0.500. The zero-order chi connectivity index (χ0) is 15.7. The van der Waals surface area contributed by atoms with Gasteiger partial charge in [0.05, 0.1) is 26.2 Å². The third kappa shape index (κ3) is 6.40. The molecular formula is C16H23NO4. The lowest BCUT2D eigenvalue weighted by Gasteiger charge is -2.23. The third-order valence-electron chi connectivity index (χ3n) is 3.05. The minimum Gasteiger partial charge on any atom is -0.468 e. The average molecular weight is 293 g/mol. The van der Waals surface area contributed by atoms with Crippen molar-refractivity contribution >= 4 is 11.9 Å². The molecule has 1 unspecified atom stereocenters. The maximum atomic E-state index is 11.7. The van der Waals surface area contributed by atoms with Crippen LogP contribution in [0.25, 0.3) is 0 Å². The Hall–Kier alpha value is -1.88. The Morgan fingerprint density at radius 2 is 1.90 bits per heavy atom. The normalized spacial score (nSPS) is 12.0. The average Bonchev–Trinajstić information content (AvgIpc) is 2.48. The lowest BCUT2D eigenvalue weighted by molar-refractivity contribution is -0.149. The second kappa shape index (κ2) is 9.13. The standard InChI is InChI=1S/C16H23NO4/c1-4-21-16(19)13(2)10-17(12-15(18)20-3)11-14-8-6-5-7-9-14/h5-9,13H,4,10-12H2,1-3H3. The van der Waals surface area contributed by atoms with Crippen LogP contribution in [-0.2, 0) is 25.6 Å². The number of hydrogen-bond acceptors (Lipinski definition) is 5. The van der Waals surface area contributed by atoms with Gasteiger partial charge in [-0.05, 0) is 12.5 Å². The van der Waals surface area contributed by atoms with Gasteiger partial charge in [-0.3, -0.25) is 14.5 Å². The molecule has 0 bridgehead atoms. The van der Waals surface area contributed by atoms with Crippen molar-refractivity contribution < 1.29 is 19.1 Å². The fourth-order valence-electron chi connectivity index (χ4n) is 2.02. The first kappa shape index (κ1) is 17.2. The molecule has 0 N–H and O–H groups in total. The van der Waals surface area contributed by atoms with Gasteiger partial charge in [-0.2, -0.15) is 0 Å². The molecule has 0 spiro atoms. The van der Waals surface area contributed by atoms with Gasteiger partial charge in [0.2, 0.25) is 0 Å². The number of hydrogen-bond donors (Lipinski definition) is 0. The zero-order valence-electron chi connectivity index (χ0n) is 12.9. The van der Waals surface area contributed by atoms with Gasteiger partial charge in [0, 0.05) is 13.1 Å². The zero-order valence-corrected chi connectivity index (χ0v) is 12.9. The van der Waals surface area contributed by atoms with Crippen molar-refractivity contribution in [1.29, 1.82) is 0 Å². The Balaban J connectivity index is 2.68. The van der Waals surface area contributed by atoms with Gasteiger partial charge >= 0.3 is 11.9 Å². The van der Waals surface area contributed by atoms with Crippen LogP contribution in [-0.4, -0.2) is 43.6 Å². The van der Waals surface area contributed by atoms with Crippen LogP contribution in [0.2, 0.25) is 0 Å². The molecular weight excluding hydrogens is 270 g/mol. The molecule has 21 heavy (non-hydrogen) atoms. The van der Waals surface area contributed by atoms with Crippen LogP contribution in [0.4, 0.5) is 0 Å². The maximum Gasteiger partial charge on any atom is 0.319 e. The van der Waals surface area contributed by atoms with Crippen molar-refractivity contribution in [3.05, 3.63) is 35.9 Å². The molecule has 0 aromatic heterocycles. The van der Waals surface area contributed by atoms with Crippen LogP contribution in [0.1, 0.15) is 19.4 Å². The van der Waals surface area contributed by atoms with E-state index in [9.17, 15) is 9.59 Å². The maximum absolute atomic E-state index is 11.7. The summed E-state index contributed by atoms with van der Waals surface area (Å²) in [6.07, 6.45) is 0. The molecule has 116 valence electrons. The van der Waals surface area contributed by atoms with Gasteiger partial charge in [-0.15, -0.1) is 0 Å². The first-order chi connectivity index (χ1) is 10.1. The fourth-order valence-corrected chi connectivity index (χ4v) is 2.02. The van der Waals surface area contributed by atoms with Gasteiger partial charge in [-0.25, -0.2) is 0 Å². The van der Waals surface area contributed by atoms with Crippen LogP contribution >= 0.6 is 0 Å². The highest BCUT2D eigenvalue weighted by Gasteiger charge is 2.20. The number of rotatable bonds is 8. The van der Waals surface area contributed by atoms with Crippen molar-refractivity contribution in [3.63, 3.8) is 0 Å². The van der Waals surface area contributed by atoms with E-state index in [2.05, 4.69) is 0 Å². The predicted octanol–water partition coefficient (Wildman–Crippen LogP) is 1.86. The SMILES string of the molecule is CCOC(=O)C(C)CN(CC(=O)OC)Cc1ccccc1. The van der Waals surface area contributed by atoms with Gasteiger partial charge in [0.1, 0.15) is 0 Å². The summed E-state index contributed by atoms with van der Waals surface area (Å²) in [6, 6.07) is 9.80. The molecule has 0 aliphatic rings. The summed E-state index contributed by atoms with van der Waals surface area (Å²) in [4.78, 5) is 25.1. The minimum absolute atomic E-state index is 0.148. The summed E-state index contributed by atoms with van der Waals surface area (Å²) in [7, 11) is 1.36. The molecule has 1 rings (SSSR count). The van der Waals surface area contributed by atoms with E-state index in [4.69, 9.17) is 9.47 Å².